The molecular weight excluding hydrogens is 428 g/mol. The van der Waals surface area contributed by atoms with Crippen LogP contribution in [0.5, 0.6) is 5.75 Å². The molecule has 0 spiro atoms. The number of carboxylic acids is 1. The third kappa shape index (κ3) is 7.08. The lowest BCUT2D eigenvalue weighted by molar-refractivity contribution is -0.143. The van der Waals surface area contributed by atoms with Crippen molar-refractivity contribution < 1.29 is 38.1 Å². The van der Waals surface area contributed by atoms with E-state index < -0.39 is 39.8 Å². The van der Waals surface area contributed by atoms with Crippen molar-refractivity contribution in [2.24, 2.45) is 5.41 Å². The number of anilines is 1. The molecule has 0 unspecified atom stereocenters. The van der Waals surface area contributed by atoms with Gasteiger partial charge in [0, 0.05) is 0 Å². The maximum Gasteiger partial charge on any atom is 0.322 e. The third-order valence-electron chi connectivity index (χ3n) is 3.77. The molecule has 0 fully saturated rings. The molecule has 0 bridgehead atoms. The number of carboxylic acid groups (broad SMARTS) is 1. The fraction of sp³-hybridized carbons (Fsp3) is 0.250. The lowest BCUT2D eigenvalue weighted by atomic mass is 9.97. The Morgan fingerprint density at radius 1 is 1.00 bits per heavy atom. The van der Waals surface area contributed by atoms with Crippen LogP contribution in [0.2, 0.25) is 0 Å². The number of amides is 1. The van der Waals surface area contributed by atoms with Gasteiger partial charge in [-0.05, 0) is 57.2 Å². The van der Waals surface area contributed by atoms with Gasteiger partial charge in [-0.25, -0.2) is 8.42 Å². The van der Waals surface area contributed by atoms with Crippen molar-refractivity contribution in [3.05, 3.63) is 54.1 Å². The molecular formula is C20H24N2O8S. The topological polar surface area (TPSA) is 170 Å². The summed E-state index contributed by atoms with van der Waals surface area (Å²) in [6.45, 7) is 4.49. The summed E-state index contributed by atoms with van der Waals surface area (Å²) < 4.78 is 32.9. The number of carbonyl (C=O) groups is 3. The summed E-state index contributed by atoms with van der Waals surface area (Å²) in [4.78, 5) is 34.6. The van der Waals surface area contributed by atoms with Gasteiger partial charge in [0.25, 0.3) is 15.9 Å². The normalized spacial score (nSPS) is 11.1. The van der Waals surface area contributed by atoms with Crippen LogP contribution in [-0.4, -0.2) is 43.4 Å². The first-order valence-corrected chi connectivity index (χ1v) is 10.3. The maximum absolute atomic E-state index is 12.7. The molecule has 5 N–H and O–H groups in total. The van der Waals surface area contributed by atoms with Gasteiger partial charge in [-0.3, -0.25) is 19.1 Å². The van der Waals surface area contributed by atoms with Crippen molar-refractivity contribution in [1.82, 2.24) is 5.32 Å². The zero-order valence-corrected chi connectivity index (χ0v) is 17.9. The molecule has 2 aromatic carbocycles. The van der Waals surface area contributed by atoms with E-state index in [4.69, 9.17) is 9.84 Å². The molecule has 0 saturated carbocycles. The van der Waals surface area contributed by atoms with Crippen molar-refractivity contribution in [1.29, 1.82) is 0 Å². The van der Waals surface area contributed by atoms with Crippen LogP contribution in [-0.2, 0) is 19.6 Å². The number of sulfonamides is 1. The van der Waals surface area contributed by atoms with Gasteiger partial charge in [0.2, 0.25) is 0 Å². The Morgan fingerprint density at radius 3 is 2.13 bits per heavy atom. The monoisotopic (exact) mass is 452 g/mol. The van der Waals surface area contributed by atoms with E-state index in [2.05, 4.69) is 10.0 Å². The van der Waals surface area contributed by atoms with Gasteiger partial charge >= 0.3 is 11.9 Å². The SMILES string of the molecule is CC(C)(C)C(=O)Oc1ccc(S(=O)(=O)Nc2ccccc2C(=O)NCC(=O)O)cc1.O. The fourth-order valence-electron chi connectivity index (χ4n) is 2.17. The highest BCUT2D eigenvalue weighted by atomic mass is 32.2. The predicted octanol–water partition coefficient (Wildman–Crippen LogP) is 1.43. The summed E-state index contributed by atoms with van der Waals surface area (Å²) in [6.07, 6.45) is 0. The Kier molecular flexibility index (Phi) is 8.29. The molecule has 10 nitrogen and oxygen atoms in total. The largest absolute Gasteiger partial charge is 0.480 e. The maximum atomic E-state index is 12.7. The van der Waals surface area contributed by atoms with Crippen LogP contribution in [0.25, 0.3) is 0 Å². The summed E-state index contributed by atoms with van der Waals surface area (Å²) in [5, 5.41) is 10.9. The van der Waals surface area contributed by atoms with E-state index in [1.165, 1.54) is 48.5 Å². The number of rotatable bonds is 7. The van der Waals surface area contributed by atoms with Crippen LogP contribution in [0, 0.1) is 5.41 Å². The third-order valence-corrected chi connectivity index (χ3v) is 5.15. The molecule has 11 heteroatoms. The number of para-hydroxylation sites is 1. The summed E-state index contributed by atoms with van der Waals surface area (Å²) in [6, 6.07) is 11.0. The van der Waals surface area contributed by atoms with Crippen molar-refractivity contribution in [2.75, 3.05) is 11.3 Å². The summed E-state index contributed by atoms with van der Waals surface area (Å²) in [7, 11) is -4.06. The smallest absolute Gasteiger partial charge is 0.322 e. The first-order valence-electron chi connectivity index (χ1n) is 8.84. The Hall–Kier alpha value is -3.44. The van der Waals surface area contributed by atoms with Gasteiger partial charge in [-0.2, -0.15) is 0 Å². The number of benzene rings is 2. The van der Waals surface area contributed by atoms with Gasteiger partial charge in [-0.1, -0.05) is 12.1 Å². The minimum atomic E-state index is -4.06. The number of hydrogen-bond donors (Lipinski definition) is 3. The molecule has 0 aliphatic rings. The highest BCUT2D eigenvalue weighted by molar-refractivity contribution is 7.92. The van der Waals surface area contributed by atoms with E-state index >= 15 is 0 Å². The summed E-state index contributed by atoms with van der Waals surface area (Å²) >= 11 is 0. The highest BCUT2D eigenvalue weighted by Crippen LogP contribution is 2.23. The van der Waals surface area contributed by atoms with Crippen LogP contribution in [0.4, 0.5) is 5.69 Å². The molecule has 0 atom stereocenters. The average molecular weight is 452 g/mol. The van der Waals surface area contributed by atoms with E-state index in [0.717, 1.165) is 0 Å². The Balaban J connectivity index is 0.00000480. The molecule has 0 aliphatic carbocycles. The number of carbonyl (C=O) groups excluding carboxylic acids is 2. The van der Waals surface area contributed by atoms with Gasteiger partial charge in [0.05, 0.1) is 21.6 Å². The van der Waals surface area contributed by atoms with Gasteiger partial charge < -0.3 is 20.6 Å². The first kappa shape index (κ1) is 25.6. The van der Waals surface area contributed by atoms with E-state index in [0.29, 0.717) is 0 Å². The van der Waals surface area contributed by atoms with Crippen LogP contribution in [0.15, 0.2) is 53.4 Å². The molecule has 31 heavy (non-hydrogen) atoms. The lowest BCUT2D eigenvalue weighted by Crippen LogP contribution is -2.30. The van der Waals surface area contributed by atoms with Crippen LogP contribution < -0.4 is 14.8 Å². The highest BCUT2D eigenvalue weighted by Gasteiger charge is 2.24. The molecule has 0 aliphatic heterocycles. The molecule has 0 radical (unpaired) electrons. The molecule has 2 aromatic rings. The first-order chi connectivity index (χ1) is 13.9. The van der Waals surface area contributed by atoms with Crippen molar-refractivity contribution in [3.8, 4) is 5.75 Å². The van der Waals surface area contributed by atoms with E-state index in [1.807, 2.05) is 0 Å². The second-order valence-corrected chi connectivity index (χ2v) is 9.02. The Labute approximate surface area is 179 Å². The number of ether oxygens (including phenoxy) is 1. The van der Waals surface area contributed by atoms with Crippen molar-refractivity contribution >= 4 is 33.6 Å². The van der Waals surface area contributed by atoms with Gasteiger partial charge in [-0.15, -0.1) is 0 Å². The fourth-order valence-corrected chi connectivity index (χ4v) is 3.25. The zero-order valence-electron chi connectivity index (χ0n) is 17.1. The Morgan fingerprint density at radius 2 is 1.58 bits per heavy atom. The molecule has 168 valence electrons. The minimum absolute atomic E-state index is 0. The molecule has 1 amide bonds. The molecule has 0 saturated heterocycles. The van der Waals surface area contributed by atoms with Crippen molar-refractivity contribution in [2.45, 2.75) is 25.7 Å². The molecule has 0 heterocycles. The number of hydrogen-bond acceptors (Lipinski definition) is 6. The number of nitrogens with one attached hydrogen (secondary N) is 2. The second kappa shape index (κ2) is 10.0. The standard InChI is InChI=1S/C20H22N2O7S.H2O/c1-20(2,3)19(26)29-13-8-10-14(11-9-13)30(27,28)22-16-7-5-4-6-15(16)18(25)21-12-17(23)24;/h4-11,22H,12H2,1-3H3,(H,21,25)(H,23,24);1H2. The number of esters is 1. The second-order valence-electron chi connectivity index (χ2n) is 7.34. The van der Waals surface area contributed by atoms with Crippen molar-refractivity contribution in [3.63, 3.8) is 0 Å². The average Bonchev–Trinajstić information content (AvgIpc) is 2.66. The van der Waals surface area contributed by atoms with E-state index in [1.54, 1.807) is 20.8 Å². The summed E-state index contributed by atoms with van der Waals surface area (Å²) in [5.74, 6) is -2.23. The van der Waals surface area contributed by atoms with Gasteiger partial charge in [0.1, 0.15) is 12.3 Å². The number of aliphatic carboxylic acids is 1. The summed E-state index contributed by atoms with van der Waals surface area (Å²) in [5.41, 5.74) is -0.751. The van der Waals surface area contributed by atoms with Gasteiger partial charge in [0.15, 0.2) is 0 Å². The minimum Gasteiger partial charge on any atom is -0.480 e. The predicted molar refractivity (Wildman–Crippen MR) is 112 cm³/mol. The van der Waals surface area contributed by atoms with Crippen LogP contribution >= 0.6 is 0 Å². The van der Waals surface area contributed by atoms with Crippen LogP contribution in [0.3, 0.4) is 0 Å². The lowest BCUT2D eigenvalue weighted by Gasteiger charge is -2.16. The zero-order chi connectivity index (χ0) is 22.5. The van der Waals surface area contributed by atoms with Crippen LogP contribution in [0.1, 0.15) is 31.1 Å². The quantitative estimate of drug-likeness (QED) is 0.421. The molecule has 2 rings (SSSR count). The molecule has 0 aromatic heterocycles. The van der Waals surface area contributed by atoms with E-state index in [-0.39, 0.29) is 27.4 Å². The van der Waals surface area contributed by atoms with E-state index in [9.17, 15) is 22.8 Å². The Bertz CT molecular complexity index is 1060.